The van der Waals surface area contributed by atoms with Gasteiger partial charge in [-0.05, 0) is 37.0 Å². The predicted octanol–water partition coefficient (Wildman–Crippen LogP) is 1.51. The van der Waals surface area contributed by atoms with Crippen molar-refractivity contribution in [1.82, 2.24) is 10.3 Å². The van der Waals surface area contributed by atoms with Crippen LogP contribution in [0.3, 0.4) is 0 Å². The van der Waals surface area contributed by atoms with E-state index < -0.39 is 0 Å². The van der Waals surface area contributed by atoms with Crippen LogP contribution in [0.2, 0.25) is 0 Å². The van der Waals surface area contributed by atoms with Gasteiger partial charge in [0.25, 0.3) is 0 Å². The highest BCUT2D eigenvalue weighted by Crippen LogP contribution is 2.06. The van der Waals surface area contributed by atoms with Gasteiger partial charge < -0.3 is 10.3 Å². The molecule has 1 aliphatic rings. The molecule has 0 saturated carbocycles. The molecule has 0 spiro atoms. The van der Waals surface area contributed by atoms with Gasteiger partial charge in [-0.25, -0.2) is 0 Å². The first kappa shape index (κ1) is 9.93. The molecular formula is C12H14N2O. The Bertz CT molecular complexity index is 482. The standard InChI is InChI=1S/C9H7NO.C3H7N/c11-9-6-5-7-3-1-2-4-8(7)10-9;1-2-4-3-1/h1-6H,(H,10,11);4H,1-3H2. The van der Waals surface area contributed by atoms with Crippen LogP contribution in [-0.2, 0) is 0 Å². The molecule has 2 N–H and O–H groups in total. The topological polar surface area (TPSA) is 44.9 Å². The predicted molar refractivity (Wildman–Crippen MR) is 62.1 cm³/mol. The van der Waals surface area contributed by atoms with Crippen molar-refractivity contribution in [1.29, 1.82) is 0 Å². The van der Waals surface area contributed by atoms with Gasteiger partial charge in [-0.2, -0.15) is 0 Å². The summed E-state index contributed by atoms with van der Waals surface area (Å²) in [6.07, 6.45) is 1.39. The van der Waals surface area contributed by atoms with E-state index in [1.807, 2.05) is 30.3 Å². The number of para-hydroxylation sites is 1. The number of H-pyrrole nitrogens is 1. The van der Waals surface area contributed by atoms with E-state index in [1.54, 1.807) is 0 Å². The number of aromatic nitrogens is 1. The maximum Gasteiger partial charge on any atom is 0.248 e. The monoisotopic (exact) mass is 202 g/mol. The van der Waals surface area contributed by atoms with E-state index in [4.69, 9.17) is 0 Å². The van der Waals surface area contributed by atoms with Crippen LogP contribution in [0.1, 0.15) is 6.42 Å². The Kier molecular flexibility index (Phi) is 3.15. The van der Waals surface area contributed by atoms with Crippen LogP contribution in [0.5, 0.6) is 0 Å². The average Bonchev–Trinajstić information content (AvgIpc) is 2.15. The van der Waals surface area contributed by atoms with Crippen molar-refractivity contribution in [2.24, 2.45) is 0 Å². The van der Waals surface area contributed by atoms with Crippen molar-refractivity contribution in [3.8, 4) is 0 Å². The van der Waals surface area contributed by atoms with Gasteiger partial charge in [0, 0.05) is 11.6 Å². The van der Waals surface area contributed by atoms with Crippen molar-refractivity contribution in [2.75, 3.05) is 13.1 Å². The summed E-state index contributed by atoms with van der Waals surface area (Å²) in [5, 5.41) is 4.17. The normalized spacial score (nSPS) is 13.9. The maximum absolute atomic E-state index is 10.8. The fraction of sp³-hybridized carbons (Fsp3) is 0.250. The lowest BCUT2D eigenvalue weighted by molar-refractivity contribution is 0.527. The van der Waals surface area contributed by atoms with E-state index in [1.165, 1.54) is 25.6 Å². The fourth-order valence-corrected chi connectivity index (χ4v) is 1.27. The molecule has 3 rings (SSSR count). The van der Waals surface area contributed by atoms with Crippen molar-refractivity contribution < 1.29 is 0 Å². The second-order valence-corrected chi connectivity index (χ2v) is 3.51. The summed E-state index contributed by atoms with van der Waals surface area (Å²) in [6, 6.07) is 11.0. The van der Waals surface area contributed by atoms with Crippen LogP contribution in [-0.4, -0.2) is 18.1 Å². The molecule has 78 valence electrons. The third-order valence-electron chi connectivity index (χ3n) is 2.34. The number of benzene rings is 1. The summed E-state index contributed by atoms with van der Waals surface area (Å²) in [7, 11) is 0. The first-order valence-corrected chi connectivity index (χ1v) is 5.15. The Hall–Kier alpha value is -1.61. The van der Waals surface area contributed by atoms with Crippen LogP contribution < -0.4 is 10.9 Å². The lowest BCUT2D eigenvalue weighted by atomic mass is 10.2. The van der Waals surface area contributed by atoms with Crippen molar-refractivity contribution in [3.63, 3.8) is 0 Å². The largest absolute Gasteiger partial charge is 0.322 e. The quantitative estimate of drug-likeness (QED) is 0.680. The summed E-state index contributed by atoms with van der Waals surface area (Å²) >= 11 is 0. The van der Waals surface area contributed by atoms with Gasteiger partial charge in [0.15, 0.2) is 0 Å². The minimum atomic E-state index is -0.0521. The number of fused-ring (bicyclic) bond motifs is 1. The minimum absolute atomic E-state index is 0.0521. The highest BCUT2D eigenvalue weighted by molar-refractivity contribution is 5.77. The molecular weight excluding hydrogens is 188 g/mol. The average molecular weight is 202 g/mol. The number of hydrogen-bond acceptors (Lipinski definition) is 2. The van der Waals surface area contributed by atoms with Crippen LogP contribution in [0.15, 0.2) is 41.2 Å². The third-order valence-corrected chi connectivity index (χ3v) is 2.34. The van der Waals surface area contributed by atoms with E-state index >= 15 is 0 Å². The molecule has 3 nitrogen and oxygen atoms in total. The number of rotatable bonds is 0. The number of pyridine rings is 1. The SMILES string of the molecule is C1CNC1.O=c1ccc2ccccc2[nH]1. The lowest BCUT2D eigenvalue weighted by Gasteiger charge is -2.09. The molecule has 0 amide bonds. The van der Waals surface area contributed by atoms with Crippen LogP contribution in [0.25, 0.3) is 10.9 Å². The van der Waals surface area contributed by atoms with Crippen LogP contribution >= 0.6 is 0 Å². The molecule has 3 heteroatoms. The van der Waals surface area contributed by atoms with Crippen molar-refractivity contribution in [3.05, 3.63) is 46.8 Å². The van der Waals surface area contributed by atoms with Crippen LogP contribution in [0, 0.1) is 0 Å². The summed E-state index contributed by atoms with van der Waals surface area (Å²) < 4.78 is 0. The van der Waals surface area contributed by atoms with Gasteiger partial charge in [-0.15, -0.1) is 0 Å². The number of hydrogen-bond donors (Lipinski definition) is 2. The Morgan fingerprint density at radius 3 is 2.33 bits per heavy atom. The molecule has 15 heavy (non-hydrogen) atoms. The Morgan fingerprint density at radius 1 is 1.00 bits per heavy atom. The fourth-order valence-electron chi connectivity index (χ4n) is 1.27. The van der Waals surface area contributed by atoms with E-state index in [0.717, 1.165) is 10.9 Å². The highest BCUT2D eigenvalue weighted by atomic mass is 16.1. The summed E-state index contributed by atoms with van der Waals surface area (Å²) in [5.41, 5.74) is 0.837. The number of aromatic amines is 1. The molecule has 0 unspecified atom stereocenters. The Balaban J connectivity index is 0.000000179. The van der Waals surface area contributed by atoms with E-state index in [0.29, 0.717) is 0 Å². The zero-order chi connectivity index (χ0) is 10.5. The van der Waals surface area contributed by atoms with E-state index in [-0.39, 0.29) is 5.56 Å². The van der Waals surface area contributed by atoms with Gasteiger partial charge in [-0.1, -0.05) is 18.2 Å². The second-order valence-electron chi connectivity index (χ2n) is 3.51. The van der Waals surface area contributed by atoms with Crippen molar-refractivity contribution in [2.45, 2.75) is 6.42 Å². The van der Waals surface area contributed by atoms with Gasteiger partial charge in [0.1, 0.15) is 0 Å². The number of nitrogens with one attached hydrogen (secondary N) is 2. The van der Waals surface area contributed by atoms with Crippen molar-refractivity contribution >= 4 is 10.9 Å². The minimum Gasteiger partial charge on any atom is -0.322 e. The molecule has 1 aromatic heterocycles. The zero-order valence-electron chi connectivity index (χ0n) is 8.49. The summed E-state index contributed by atoms with van der Waals surface area (Å²) in [6.45, 7) is 2.50. The summed E-state index contributed by atoms with van der Waals surface area (Å²) in [4.78, 5) is 13.6. The third kappa shape index (κ3) is 2.67. The second kappa shape index (κ2) is 4.75. The van der Waals surface area contributed by atoms with Gasteiger partial charge >= 0.3 is 0 Å². The molecule has 0 atom stereocenters. The molecule has 0 aliphatic carbocycles. The molecule has 1 aromatic carbocycles. The van der Waals surface area contributed by atoms with E-state index in [9.17, 15) is 4.79 Å². The maximum atomic E-state index is 10.8. The van der Waals surface area contributed by atoms with Gasteiger partial charge in [-0.3, -0.25) is 4.79 Å². The first-order valence-electron chi connectivity index (χ1n) is 5.15. The lowest BCUT2D eigenvalue weighted by Crippen LogP contribution is -2.29. The molecule has 2 heterocycles. The molecule has 0 bridgehead atoms. The van der Waals surface area contributed by atoms with Crippen LogP contribution in [0.4, 0.5) is 0 Å². The zero-order valence-corrected chi connectivity index (χ0v) is 8.49. The molecule has 1 fully saturated rings. The molecule has 1 aliphatic heterocycles. The highest BCUT2D eigenvalue weighted by Gasteiger charge is 1.92. The molecule has 0 radical (unpaired) electrons. The first-order chi connectivity index (χ1) is 7.36. The summed E-state index contributed by atoms with van der Waals surface area (Å²) in [5.74, 6) is 0. The van der Waals surface area contributed by atoms with Gasteiger partial charge in [0.05, 0.1) is 0 Å². The molecule has 2 aromatic rings. The Labute approximate surface area is 88.1 Å². The van der Waals surface area contributed by atoms with E-state index in [2.05, 4.69) is 10.3 Å². The smallest absolute Gasteiger partial charge is 0.248 e. The Morgan fingerprint density at radius 2 is 1.67 bits per heavy atom. The van der Waals surface area contributed by atoms with Gasteiger partial charge in [0.2, 0.25) is 5.56 Å². The molecule has 1 saturated heterocycles.